The van der Waals surface area contributed by atoms with Crippen LogP contribution in [-0.4, -0.2) is 54.1 Å². The number of benzene rings is 2. The molecule has 0 heterocycles. The Morgan fingerprint density at radius 1 is 1.00 bits per heavy atom. The fourth-order valence-corrected chi connectivity index (χ4v) is 3.75. The van der Waals surface area contributed by atoms with Crippen LogP contribution in [0.3, 0.4) is 0 Å². The number of rotatable bonds is 17. The molecule has 0 aliphatic heterocycles. The Kier molecular flexibility index (Phi) is 12.8. The van der Waals surface area contributed by atoms with Gasteiger partial charge in [0.1, 0.15) is 18.4 Å². The minimum atomic E-state index is -0.799. The van der Waals surface area contributed by atoms with Crippen molar-refractivity contribution in [1.82, 2.24) is 16.0 Å². The highest BCUT2D eigenvalue weighted by Gasteiger charge is 2.27. The third kappa shape index (κ3) is 11.7. The number of ether oxygens (including phenoxy) is 1. The molecule has 0 fully saturated rings. The molecule has 208 valence electrons. The lowest BCUT2D eigenvalue weighted by atomic mass is 9.98. The van der Waals surface area contributed by atoms with Crippen LogP contribution in [-0.2, 0) is 27.4 Å². The molecule has 9 nitrogen and oxygen atoms in total. The maximum Gasteiger partial charge on any atom is 0.243 e. The number of carbonyl (C=O) groups excluding carboxylic acids is 3. The fraction of sp³-hybridized carbons (Fsp3) is 0.483. The first-order valence-electron chi connectivity index (χ1n) is 13.1. The quantitative estimate of drug-likeness (QED) is 0.200. The van der Waals surface area contributed by atoms with Gasteiger partial charge in [-0.25, -0.2) is 0 Å². The van der Waals surface area contributed by atoms with Crippen LogP contribution in [0.4, 0.5) is 0 Å². The van der Waals surface area contributed by atoms with Crippen LogP contribution in [0, 0.1) is 5.92 Å². The predicted molar refractivity (Wildman–Crippen MR) is 147 cm³/mol. The molecule has 2 atom stereocenters. The number of nitrogens with two attached hydrogens (primary N) is 1. The summed E-state index contributed by atoms with van der Waals surface area (Å²) in [6.07, 6.45) is 1.34. The van der Waals surface area contributed by atoms with Crippen LogP contribution >= 0.6 is 0 Å². The number of nitrogens with one attached hydrogen (secondary N) is 3. The van der Waals surface area contributed by atoms with Crippen LogP contribution < -0.4 is 26.4 Å². The molecule has 0 spiro atoms. The largest absolute Gasteiger partial charge is 0.489 e. The summed E-state index contributed by atoms with van der Waals surface area (Å²) in [6.45, 7) is 7.11. The first-order chi connectivity index (χ1) is 18.1. The van der Waals surface area contributed by atoms with Crippen molar-refractivity contribution in [3.05, 3.63) is 65.7 Å². The van der Waals surface area contributed by atoms with Gasteiger partial charge < -0.3 is 31.5 Å². The zero-order valence-corrected chi connectivity index (χ0v) is 22.7. The van der Waals surface area contributed by atoms with Gasteiger partial charge >= 0.3 is 0 Å². The zero-order valence-electron chi connectivity index (χ0n) is 22.7. The van der Waals surface area contributed by atoms with E-state index in [-0.39, 0.29) is 24.8 Å². The van der Waals surface area contributed by atoms with E-state index in [1.807, 2.05) is 68.4 Å². The van der Waals surface area contributed by atoms with E-state index in [9.17, 15) is 14.4 Å². The van der Waals surface area contributed by atoms with Crippen molar-refractivity contribution in [2.75, 3.05) is 19.7 Å². The third-order valence-electron chi connectivity index (χ3n) is 6.23. The van der Waals surface area contributed by atoms with Gasteiger partial charge in [-0.3, -0.25) is 14.4 Å². The molecule has 0 bridgehead atoms. The van der Waals surface area contributed by atoms with Crippen LogP contribution in [0.25, 0.3) is 0 Å². The number of amides is 3. The van der Waals surface area contributed by atoms with E-state index in [1.54, 1.807) is 6.92 Å². The molecule has 0 saturated carbocycles. The fourth-order valence-electron chi connectivity index (χ4n) is 3.75. The number of hydrogen-bond donors (Lipinski definition) is 5. The second kappa shape index (κ2) is 15.7. The molecule has 2 aromatic rings. The van der Waals surface area contributed by atoms with Crippen LogP contribution in [0.1, 0.15) is 51.2 Å². The molecular weight excluding hydrogens is 484 g/mol. The summed E-state index contributed by atoms with van der Waals surface area (Å²) in [5, 5.41) is 17.9. The first-order valence-corrected chi connectivity index (χ1v) is 13.1. The van der Waals surface area contributed by atoms with Gasteiger partial charge in [-0.2, -0.15) is 0 Å². The van der Waals surface area contributed by atoms with E-state index >= 15 is 0 Å². The second-order valence-electron chi connectivity index (χ2n) is 10.2. The van der Waals surface area contributed by atoms with Gasteiger partial charge in [0.25, 0.3) is 0 Å². The third-order valence-corrected chi connectivity index (χ3v) is 6.23. The number of carbonyl (C=O) groups is 3. The summed E-state index contributed by atoms with van der Waals surface area (Å²) in [6, 6.07) is 16.5. The molecule has 2 rings (SSSR count). The minimum Gasteiger partial charge on any atom is -0.489 e. The minimum absolute atomic E-state index is 0.0470. The molecular formula is C29H42N4O5. The van der Waals surface area contributed by atoms with Gasteiger partial charge in [0.2, 0.25) is 17.7 Å². The highest BCUT2D eigenvalue weighted by Crippen LogP contribution is 2.16. The molecule has 2 aromatic carbocycles. The molecule has 3 amide bonds. The lowest BCUT2D eigenvalue weighted by Gasteiger charge is -2.29. The summed E-state index contributed by atoms with van der Waals surface area (Å²) in [4.78, 5) is 37.3. The molecule has 9 heteroatoms. The van der Waals surface area contributed by atoms with Crippen molar-refractivity contribution >= 4 is 17.7 Å². The van der Waals surface area contributed by atoms with Crippen LogP contribution in [0.5, 0.6) is 5.75 Å². The van der Waals surface area contributed by atoms with Crippen molar-refractivity contribution in [1.29, 1.82) is 0 Å². The smallest absolute Gasteiger partial charge is 0.243 e. The Labute approximate surface area is 225 Å². The Morgan fingerprint density at radius 3 is 2.32 bits per heavy atom. The second-order valence-corrected chi connectivity index (χ2v) is 10.2. The number of primary amides is 1. The van der Waals surface area contributed by atoms with E-state index in [0.717, 1.165) is 11.1 Å². The summed E-state index contributed by atoms with van der Waals surface area (Å²) >= 11 is 0. The molecule has 0 radical (unpaired) electrons. The van der Waals surface area contributed by atoms with E-state index < -0.39 is 23.4 Å². The highest BCUT2D eigenvalue weighted by atomic mass is 16.5. The van der Waals surface area contributed by atoms with Gasteiger partial charge in [0.05, 0.1) is 6.61 Å². The molecule has 0 aliphatic rings. The zero-order chi connectivity index (χ0) is 28.0. The summed E-state index contributed by atoms with van der Waals surface area (Å²) in [7, 11) is 0. The van der Waals surface area contributed by atoms with E-state index in [1.165, 1.54) is 0 Å². The summed E-state index contributed by atoms with van der Waals surface area (Å²) in [5.41, 5.74) is 6.71. The van der Waals surface area contributed by atoms with Crippen molar-refractivity contribution < 1.29 is 24.2 Å². The molecule has 2 unspecified atom stereocenters. The molecule has 6 N–H and O–H groups in total. The first kappa shape index (κ1) is 30.8. The van der Waals surface area contributed by atoms with E-state index in [4.69, 9.17) is 15.6 Å². The molecule has 0 aliphatic carbocycles. The van der Waals surface area contributed by atoms with E-state index in [0.29, 0.717) is 44.7 Å². The van der Waals surface area contributed by atoms with E-state index in [2.05, 4.69) is 16.0 Å². The summed E-state index contributed by atoms with van der Waals surface area (Å²) in [5.74, 6) is -0.791. The van der Waals surface area contributed by atoms with Crippen molar-refractivity contribution in [3.8, 4) is 5.75 Å². The van der Waals surface area contributed by atoms with Gasteiger partial charge in [0.15, 0.2) is 0 Å². The van der Waals surface area contributed by atoms with Crippen molar-refractivity contribution in [2.45, 2.75) is 64.6 Å². The predicted octanol–water partition coefficient (Wildman–Crippen LogP) is 2.06. The number of hydrogen-bond acceptors (Lipinski definition) is 6. The van der Waals surface area contributed by atoms with Gasteiger partial charge in [-0.1, -0.05) is 49.4 Å². The van der Waals surface area contributed by atoms with Gasteiger partial charge in [0, 0.05) is 30.8 Å². The monoisotopic (exact) mass is 526 g/mol. The van der Waals surface area contributed by atoms with Crippen LogP contribution in [0.2, 0.25) is 0 Å². The Hall–Kier alpha value is -3.43. The van der Waals surface area contributed by atoms with Crippen molar-refractivity contribution in [3.63, 3.8) is 0 Å². The van der Waals surface area contributed by atoms with Gasteiger partial charge in [-0.15, -0.1) is 0 Å². The number of aliphatic hydroxyl groups excluding tert-OH is 1. The highest BCUT2D eigenvalue weighted by molar-refractivity contribution is 5.88. The average molecular weight is 527 g/mol. The lowest BCUT2D eigenvalue weighted by Crippen LogP contribution is -2.54. The van der Waals surface area contributed by atoms with Gasteiger partial charge in [-0.05, 0) is 56.5 Å². The van der Waals surface area contributed by atoms with Crippen LogP contribution in [0.15, 0.2) is 54.6 Å². The maximum absolute atomic E-state index is 13.3. The average Bonchev–Trinajstić information content (AvgIpc) is 2.89. The SMILES string of the molecule is CC(CCC(=O)NC(Cc1ccc(OCc2ccccc2)cc1)C(=O)NC(C)(C)CCNCCO)C(N)=O. The lowest BCUT2D eigenvalue weighted by molar-refractivity contribution is -0.130. The molecule has 0 saturated heterocycles. The topological polar surface area (TPSA) is 143 Å². The summed E-state index contributed by atoms with van der Waals surface area (Å²) < 4.78 is 5.85. The Bertz CT molecular complexity index is 1010. The normalized spacial score (nSPS) is 12.8. The Balaban J connectivity index is 2.04. The molecule has 0 aromatic heterocycles. The van der Waals surface area contributed by atoms with Crippen molar-refractivity contribution in [2.24, 2.45) is 11.7 Å². The Morgan fingerprint density at radius 2 is 1.68 bits per heavy atom. The number of aliphatic hydroxyl groups is 1. The standard InChI is InChI=1S/C29H42N4O5/c1-21(27(30)36)9-14-26(35)32-25(28(37)33-29(2,3)15-16-31-17-18-34)19-22-10-12-24(13-11-22)38-20-23-7-5-4-6-8-23/h4-8,10-13,21,25,31,34H,9,14-20H2,1-3H3,(H2,30,36)(H,32,35)(H,33,37). The maximum atomic E-state index is 13.3. The molecule has 38 heavy (non-hydrogen) atoms.